The zero-order valence-corrected chi connectivity index (χ0v) is 20.8. The van der Waals surface area contributed by atoms with Gasteiger partial charge >= 0.3 is 11.9 Å². The lowest BCUT2D eigenvalue weighted by molar-refractivity contribution is -0.385. The predicted octanol–water partition coefficient (Wildman–Crippen LogP) is 3.68. The first-order chi connectivity index (χ1) is 17.2. The van der Waals surface area contributed by atoms with Gasteiger partial charge in [-0.2, -0.15) is 0 Å². The second-order valence-electron chi connectivity index (χ2n) is 8.07. The van der Waals surface area contributed by atoms with E-state index in [1.54, 1.807) is 56.6 Å². The number of nitro groups is 1. The summed E-state index contributed by atoms with van der Waals surface area (Å²) in [6, 6.07) is 10.2. The van der Waals surface area contributed by atoms with Crippen LogP contribution in [-0.4, -0.2) is 56.7 Å². The molecule has 1 aliphatic heterocycles. The van der Waals surface area contributed by atoms with Crippen molar-refractivity contribution in [2.75, 3.05) is 35.0 Å². The molecule has 2 aromatic rings. The van der Waals surface area contributed by atoms with E-state index in [1.165, 1.54) is 20.3 Å². The maximum Gasteiger partial charge on any atom is 0.336 e. The molecule has 0 N–H and O–H groups in total. The van der Waals surface area contributed by atoms with E-state index in [4.69, 9.17) is 18.9 Å². The molecule has 190 valence electrons. The highest BCUT2D eigenvalue weighted by molar-refractivity contribution is 5.98. The monoisotopic (exact) mass is 496 g/mol. The Labute approximate surface area is 208 Å². The van der Waals surface area contributed by atoms with Crippen LogP contribution >= 0.6 is 0 Å². The van der Waals surface area contributed by atoms with Crippen molar-refractivity contribution in [2.45, 2.75) is 19.3 Å². The maximum absolute atomic E-state index is 12.8. The van der Waals surface area contributed by atoms with Gasteiger partial charge in [-0.15, -0.1) is 0 Å². The molecule has 0 bridgehead atoms. The van der Waals surface area contributed by atoms with E-state index in [1.807, 2.05) is 12.1 Å². The summed E-state index contributed by atoms with van der Waals surface area (Å²) in [5.41, 5.74) is 2.02. The molecule has 1 aliphatic rings. The Hall–Kier alpha value is -4.34. The third-order valence-corrected chi connectivity index (χ3v) is 5.94. The second-order valence-corrected chi connectivity index (χ2v) is 8.07. The molecule has 0 aliphatic carbocycles. The fourth-order valence-electron chi connectivity index (χ4n) is 4.07. The molecule has 0 fully saturated rings. The van der Waals surface area contributed by atoms with Gasteiger partial charge in [0.2, 0.25) is 0 Å². The van der Waals surface area contributed by atoms with E-state index in [-0.39, 0.29) is 16.8 Å². The van der Waals surface area contributed by atoms with Gasteiger partial charge in [-0.05, 0) is 36.6 Å². The first kappa shape index (κ1) is 26.3. The van der Waals surface area contributed by atoms with Crippen molar-refractivity contribution in [3.05, 3.63) is 86.7 Å². The number of hydrogen-bond acceptors (Lipinski definition) is 9. The summed E-state index contributed by atoms with van der Waals surface area (Å²) in [6.45, 7) is 2.03. The molecule has 0 amide bonds. The van der Waals surface area contributed by atoms with Crippen LogP contribution in [0.15, 0.2) is 59.9 Å². The Morgan fingerprint density at radius 1 is 0.917 bits per heavy atom. The molecular formula is C26H28N2O8. The normalized spacial score (nSPS) is 13.4. The van der Waals surface area contributed by atoms with Crippen LogP contribution in [-0.2, 0) is 25.5 Å². The van der Waals surface area contributed by atoms with E-state index in [0.29, 0.717) is 35.6 Å². The molecule has 0 spiro atoms. The minimum Gasteiger partial charge on any atom is -0.493 e. The third-order valence-electron chi connectivity index (χ3n) is 5.94. The second kappa shape index (κ2) is 11.4. The number of aryl methyl sites for hydroxylation is 1. The number of hydrogen-bond donors (Lipinski definition) is 0. The topological polar surface area (TPSA) is 117 Å². The number of benzene rings is 2. The van der Waals surface area contributed by atoms with Gasteiger partial charge < -0.3 is 23.8 Å². The fraction of sp³-hybridized carbons (Fsp3) is 0.308. The maximum atomic E-state index is 12.8. The lowest BCUT2D eigenvalue weighted by Crippen LogP contribution is -2.29. The summed E-state index contributed by atoms with van der Waals surface area (Å²) < 4.78 is 20.6. The molecule has 36 heavy (non-hydrogen) atoms. The molecule has 0 radical (unpaired) electrons. The summed E-state index contributed by atoms with van der Waals surface area (Å²) in [5.74, 6) is -1.02. The molecule has 0 saturated heterocycles. The Kier molecular flexibility index (Phi) is 8.31. The van der Waals surface area contributed by atoms with Crippen molar-refractivity contribution in [1.82, 2.24) is 4.90 Å². The van der Waals surface area contributed by atoms with E-state index in [0.717, 1.165) is 5.56 Å². The minimum absolute atomic E-state index is 0.114. The minimum atomic E-state index is -0.901. The van der Waals surface area contributed by atoms with Crippen LogP contribution in [0.1, 0.15) is 22.6 Å². The van der Waals surface area contributed by atoms with Gasteiger partial charge in [-0.25, -0.2) is 9.59 Å². The Bertz CT molecular complexity index is 1200. The molecule has 0 unspecified atom stereocenters. The van der Waals surface area contributed by atoms with Crippen LogP contribution in [0.3, 0.4) is 0 Å². The van der Waals surface area contributed by atoms with Gasteiger partial charge in [0.15, 0.2) is 11.5 Å². The van der Waals surface area contributed by atoms with Crippen LogP contribution in [0.25, 0.3) is 0 Å². The lowest BCUT2D eigenvalue weighted by Gasteiger charge is -2.30. The quantitative estimate of drug-likeness (QED) is 0.291. The van der Waals surface area contributed by atoms with Crippen molar-refractivity contribution in [2.24, 2.45) is 0 Å². The SMILES string of the molecule is COC(=O)C1=CN(CCc2ccc(OC)c(OC)c2)C=C(C(=O)OC)C1c1ccc(C)c([N+](=O)[O-])c1. The van der Waals surface area contributed by atoms with Crippen LogP contribution in [0.4, 0.5) is 5.69 Å². The van der Waals surface area contributed by atoms with Gasteiger partial charge in [0.1, 0.15) is 0 Å². The van der Waals surface area contributed by atoms with Crippen molar-refractivity contribution in [3.63, 3.8) is 0 Å². The van der Waals surface area contributed by atoms with Crippen LogP contribution < -0.4 is 9.47 Å². The van der Waals surface area contributed by atoms with Gasteiger partial charge in [0, 0.05) is 30.6 Å². The zero-order valence-electron chi connectivity index (χ0n) is 20.8. The highest BCUT2D eigenvalue weighted by atomic mass is 16.6. The van der Waals surface area contributed by atoms with Crippen LogP contribution in [0.5, 0.6) is 11.5 Å². The molecule has 0 aromatic heterocycles. The Morgan fingerprint density at radius 2 is 1.53 bits per heavy atom. The number of ether oxygens (including phenoxy) is 4. The number of rotatable bonds is 9. The van der Waals surface area contributed by atoms with Gasteiger partial charge in [0.25, 0.3) is 5.69 Å². The molecule has 1 heterocycles. The summed E-state index contributed by atoms with van der Waals surface area (Å²) in [4.78, 5) is 38.3. The molecular weight excluding hydrogens is 468 g/mol. The first-order valence-corrected chi connectivity index (χ1v) is 11.1. The summed E-state index contributed by atoms with van der Waals surface area (Å²) >= 11 is 0. The van der Waals surface area contributed by atoms with E-state index < -0.39 is 22.8 Å². The molecule has 0 saturated carbocycles. The largest absolute Gasteiger partial charge is 0.493 e. The van der Waals surface area contributed by atoms with Gasteiger partial charge in [-0.1, -0.05) is 18.2 Å². The number of methoxy groups -OCH3 is 4. The molecule has 10 nitrogen and oxygen atoms in total. The van der Waals surface area contributed by atoms with Crippen LogP contribution in [0.2, 0.25) is 0 Å². The first-order valence-electron chi connectivity index (χ1n) is 11.1. The average molecular weight is 497 g/mol. The molecule has 2 aromatic carbocycles. The molecule has 3 rings (SSSR count). The van der Waals surface area contributed by atoms with Gasteiger partial charge in [0.05, 0.1) is 50.4 Å². The van der Waals surface area contributed by atoms with Crippen LogP contribution in [0, 0.1) is 17.0 Å². The standard InChI is InChI=1S/C26H28N2O8/c1-16-6-8-18(13-21(16)28(31)32)24-19(25(29)35-4)14-27(15-20(24)26(30)36-5)11-10-17-7-9-22(33-2)23(12-17)34-3/h6-9,12-15,24H,10-11H2,1-5H3. The number of nitrogens with zero attached hydrogens (tertiary/aromatic N) is 2. The Morgan fingerprint density at radius 3 is 2.06 bits per heavy atom. The highest BCUT2D eigenvalue weighted by Crippen LogP contribution is 2.39. The fourth-order valence-corrected chi connectivity index (χ4v) is 4.07. The molecule has 10 heteroatoms. The highest BCUT2D eigenvalue weighted by Gasteiger charge is 2.36. The lowest BCUT2D eigenvalue weighted by atomic mass is 9.82. The molecule has 0 atom stereocenters. The van der Waals surface area contributed by atoms with Crippen molar-refractivity contribution in [1.29, 1.82) is 0 Å². The van der Waals surface area contributed by atoms with Gasteiger partial charge in [-0.3, -0.25) is 10.1 Å². The van der Waals surface area contributed by atoms with Crippen molar-refractivity contribution >= 4 is 17.6 Å². The zero-order chi connectivity index (χ0) is 26.4. The average Bonchev–Trinajstić information content (AvgIpc) is 2.90. The smallest absolute Gasteiger partial charge is 0.336 e. The number of carbonyl (C=O) groups excluding carboxylic acids is 2. The van der Waals surface area contributed by atoms with E-state index >= 15 is 0 Å². The summed E-state index contributed by atoms with van der Waals surface area (Å²) in [7, 11) is 5.59. The van der Waals surface area contributed by atoms with Crippen molar-refractivity contribution < 1.29 is 33.5 Å². The third kappa shape index (κ3) is 5.48. The predicted molar refractivity (Wildman–Crippen MR) is 131 cm³/mol. The number of esters is 2. The Balaban J connectivity index is 2.01. The van der Waals surface area contributed by atoms with E-state index in [2.05, 4.69) is 0 Å². The van der Waals surface area contributed by atoms with E-state index in [9.17, 15) is 19.7 Å². The summed E-state index contributed by atoms with van der Waals surface area (Å²) in [6.07, 6.45) is 3.74. The number of carbonyl (C=O) groups is 2. The van der Waals surface area contributed by atoms with Crippen molar-refractivity contribution in [3.8, 4) is 11.5 Å². The number of nitro benzene ring substituents is 1. The summed E-state index contributed by atoms with van der Waals surface area (Å²) in [5, 5.41) is 11.5.